The molecule has 36 heavy (non-hydrogen) atoms. The SMILES string of the molecule is Cc1cc(OCc2ccccc2)c(-c2onc(CO)c2-c2ccc3c(c2)CCN(C)C3)cc1C(C)C. The predicted molar refractivity (Wildman–Crippen MR) is 143 cm³/mol. The zero-order valence-corrected chi connectivity index (χ0v) is 21.5. The standard InChI is InChI=1S/C31H34N2O3/c1-20(2)26-16-27(29(14-21(26)3)35-19-22-8-6-5-7-9-22)31-30(28(18-34)32-36-31)24-10-11-25-17-33(4)13-12-23(25)15-24/h5-11,14-16,20,34H,12-13,17-19H2,1-4H3. The van der Waals surface area contributed by atoms with Gasteiger partial charge in [0, 0.05) is 13.1 Å². The molecular formula is C31H34N2O3. The first-order valence-corrected chi connectivity index (χ1v) is 12.7. The van der Waals surface area contributed by atoms with Crippen LogP contribution in [0, 0.1) is 6.92 Å². The van der Waals surface area contributed by atoms with Gasteiger partial charge in [-0.1, -0.05) is 67.5 Å². The van der Waals surface area contributed by atoms with Gasteiger partial charge in [0.25, 0.3) is 0 Å². The Morgan fingerprint density at radius 2 is 1.86 bits per heavy atom. The van der Waals surface area contributed by atoms with Crippen molar-refractivity contribution in [2.24, 2.45) is 0 Å². The molecule has 5 rings (SSSR count). The molecule has 0 bridgehead atoms. The lowest BCUT2D eigenvalue weighted by Crippen LogP contribution is -2.26. The van der Waals surface area contributed by atoms with Crippen LogP contribution >= 0.6 is 0 Å². The van der Waals surface area contributed by atoms with E-state index < -0.39 is 0 Å². The summed E-state index contributed by atoms with van der Waals surface area (Å²) in [5.41, 5.74) is 9.45. The van der Waals surface area contributed by atoms with Crippen molar-refractivity contribution in [1.82, 2.24) is 10.1 Å². The monoisotopic (exact) mass is 482 g/mol. The van der Waals surface area contributed by atoms with Crippen molar-refractivity contribution in [3.63, 3.8) is 0 Å². The molecule has 4 aromatic rings. The lowest BCUT2D eigenvalue weighted by molar-refractivity contribution is 0.267. The first-order valence-electron chi connectivity index (χ1n) is 12.7. The summed E-state index contributed by atoms with van der Waals surface area (Å²) in [5.74, 6) is 1.73. The molecule has 0 radical (unpaired) electrons. The molecule has 0 spiro atoms. The van der Waals surface area contributed by atoms with E-state index in [1.54, 1.807) is 0 Å². The van der Waals surface area contributed by atoms with Crippen LogP contribution in [0.4, 0.5) is 0 Å². The van der Waals surface area contributed by atoms with Crippen LogP contribution in [0.15, 0.2) is 65.2 Å². The minimum Gasteiger partial charge on any atom is -0.488 e. The maximum absolute atomic E-state index is 10.2. The molecule has 0 unspecified atom stereocenters. The number of hydrogen-bond donors (Lipinski definition) is 1. The third-order valence-electron chi connectivity index (χ3n) is 7.08. The minimum absolute atomic E-state index is 0.193. The molecule has 5 heteroatoms. The molecule has 1 aliphatic heterocycles. The van der Waals surface area contributed by atoms with E-state index in [9.17, 15) is 5.11 Å². The number of aliphatic hydroxyl groups excluding tert-OH is 1. The fraction of sp³-hybridized carbons (Fsp3) is 0.323. The zero-order valence-electron chi connectivity index (χ0n) is 21.5. The molecule has 0 aliphatic carbocycles. The second-order valence-electron chi connectivity index (χ2n) is 10.1. The fourth-order valence-electron chi connectivity index (χ4n) is 5.11. The average molecular weight is 483 g/mol. The second kappa shape index (κ2) is 10.3. The van der Waals surface area contributed by atoms with Gasteiger partial charge in [-0.15, -0.1) is 0 Å². The van der Waals surface area contributed by atoms with Crippen molar-refractivity contribution in [2.45, 2.75) is 52.9 Å². The summed E-state index contributed by atoms with van der Waals surface area (Å²) in [5, 5.41) is 14.4. The number of likely N-dealkylation sites (N-methyl/N-ethyl adjacent to an activating group) is 1. The van der Waals surface area contributed by atoms with Crippen molar-refractivity contribution in [2.75, 3.05) is 13.6 Å². The van der Waals surface area contributed by atoms with Gasteiger partial charge in [0.15, 0.2) is 5.76 Å². The van der Waals surface area contributed by atoms with E-state index >= 15 is 0 Å². The molecule has 3 aromatic carbocycles. The molecule has 0 saturated carbocycles. The largest absolute Gasteiger partial charge is 0.488 e. The number of fused-ring (bicyclic) bond motifs is 1. The van der Waals surface area contributed by atoms with Crippen molar-refractivity contribution >= 4 is 0 Å². The van der Waals surface area contributed by atoms with E-state index in [1.807, 2.05) is 18.2 Å². The smallest absolute Gasteiger partial charge is 0.178 e. The summed E-state index contributed by atoms with van der Waals surface area (Å²) < 4.78 is 12.3. The number of ether oxygens (including phenoxy) is 1. The summed E-state index contributed by atoms with van der Waals surface area (Å²) >= 11 is 0. The minimum atomic E-state index is -0.193. The lowest BCUT2D eigenvalue weighted by Gasteiger charge is -2.25. The maximum atomic E-state index is 10.2. The van der Waals surface area contributed by atoms with Gasteiger partial charge in [-0.25, -0.2) is 0 Å². The molecule has 1 aromatic heterocycles. The van der Waals surface area contributed by atoms with Crippen LogP contribution in [0.5, 0.6) is 5.75 Å². The highest BCUT2D eigenvalue weighted by atomic mass is 16.5. The van der Waals surface area contributed by atoms with Gasteiger partial charge < -0.3 is 19.3 Å². The molecule has 0 fully saturated rings. The van der Waals surface area contributed by atoms with E-state index in [0.29, 0.717) is 24.0 Å². The number of benzene rings is 3. The molecule has 0 atom stereocenters. The maximum Gasteiger partial charge on any atom is 0.178 e. The fourth-order valence-corrected chi connectivity index (χ4v) is 5.11. The summed E-state index contributed by atoms with van der Waals surface area (Å²) in [6.45, 7) is 8.75. The third-order valence-corrected chi connectivity index (χ3v) is 7.08. The van der Waals surface area contributed by atoms with E-state index in [-0.39, 0.29) is 6.61 Å². The van der Waals surface area contributed by atoms with Crippen LogP contribution in [0.2, 0.25) is 0 Å². The highest BCUT2D eigenvalue weighted by molar-refractivity contribution is 5.85. The first-order chi connectivity index (χ1) is 17.4. The van der Waals surface area contributed by atoms with E-state index in [1.165, 1.54) is 22.3 Å². The number of aryl methyl sites for hydroxylation is 1. The van der Waals surface area contributed by atoms with Crippen LogP contribution in [-0.2, 0) is 26.2 Å². The highest BCUT2D eigenvalue weighted by Crippen LogP contribution is 2.42. The number of hydrogen-bond acceptors (Lipinski definition) is 5. The van der Waals surface area contributed by atoms with Gasteiger partial charge in [0.2, 0.25) is 0 Å². The van der Waals surface area contributed by atoms with Crippen molar-refractivity contribution in [3.05, 3.63) is 94.2 Å². The van der Waals surface area contributed by atoms with Crippen LogP contribution in [0.1, 0.15) is 53.3 Å². The molecule has 2 heterocycles. The Bertz CT molecular complexity index is 1360. The molecule has 0 amide bonds. The number of rotatable bonds is 7. The van der Waals surface area contributed by atoms with Gasteiger partial charge >= 0.3 is 0 Å². The van der Waals surface area contributed by atoms with Gasteiger partial charge in [-0.2, -0.15) is 0 Å². The molecule has 1 aliphatic rings. The van der Waals surface area contributed by atoms with Crippen molar-refractivity contribution < 1.29 is 14.4 Å². The summed E-state index contributed by atoms with van der Waals surface area (Å²) in [6, 6.07) is 21.0. The number of aromatic nitrogens is 1. The Kier molecular flexibility index (Phi) is 6.95. The number of aliphatic hydroxyl groups is 1. The normalized spacial score (nSPS) is 13.7. The van der Waals surface area contributed by atoms with E-state index in [4.69, 9.17) is 9.26 Å². The molecular weight excluding hydrogens is 448 g/mol. The van der Waals surface area contributed by atoms with Crippen molar-refractivity contribution in [1.29, 1.82) is 0 Å². The predicted octanol–water partition coefficient (Wildman–Crippen LogP) is 6.50. The Balaban J connectivity index is 1.62. The van der Waals surface area contributed by atoms with Gasteiger partial charge in [0.05, 0.1) is 17.7 Å². The summed E-state index contributed by atoms with van der Waals surface area (Å²) in [7, 11) is 2.15. The number of nitrogens with zero attached hydrogens (tertiary/aromatic N) is 2. The van der Waals surface area contributed by atoms with Crippen LogP contribution in [0.25, 0.3) is 22.5 Å². The van der Waals surface area contributed by atoms with Crippen molar-refractivity contribution in [3.8, 4) is 28.2 Å². The average Bonchev–Trinajstić information content (AvgIpc) is 3.31. The lowest BCUT2D eigenvalue weighted by atomic mass is 9.90. The van der Waals surface area contributed by atoms with Gasteiger partial charge in [-0.3, -0.25) is 0 Å². The molecule has 5 nitrogen and oxygen atoms in total. The van der Waals surface area contributed by atoms with E-state index in [2.05, 4.69) is 80.3 Å². The van der Waals surface area contributed by atoms with E-state index in [0.717, 1.165) is 47.5 Å². The molecule has 186 valence electrons. The summed E-state index contributed by atoms with van der Waals surface area (Å²) in [6.07, 6.45) is 1.00. The Labute approximate surface area is 213 Å². The molecule has 1 N–H and O–H groups in total. The van der Waals surface area contributed by atoms with Gasteiger partial charge in [0.1, 0.15) is 18.1 Å². The van der Waals surface area contributed by atoms with Gasteiger partial charge in [-0.05, 0) is 71.8 Å². The highest BCUT2D eigenvalue weighted by Gasteiger charge is 2.25. The molecule has 0 saturated heterocycles. The Morgan fingerprint density at radius 3 is 2.61 bits per heavy atom. The topological polar surface area (TPSA) is 58.7 Å². The van der Waals surface area contributed by atoms with Crippen LogP contribution in [0.3, 0.4) is 0 Å². The zero-order chi connectivity index (χ0) is 25.2. The summed E-state index contributed by atoms with van der Waals surface area (Å²) in [4.78, 5) is 2.34. The third kappa shape index (κ3) is 4.81. The Morgan fingerprint density at radius 1 is 1.06 bits per heavy atom. The van der Waals surface area contributed by atoms with Crippen LogP contribution < -0.4 is 4.74 Å². The quantitative estimate of drug-likeness (QED) is 0.326. The Hall–Kier alpha value is -3.41. The van der Waals surface area contributed by atoms with Crippen LogP contribution in [-0.4, -0.2) is 28.8 Å². The first kappa shape index (κ1) is 24.3. The second-order valence-corrected chi connectivity index (χ2v) is 10.1.